The highest BCUT2D eigenvalue weighted by atomic mass is 16.5. The average Bonchev–Trinajstić information content (AvgIpc) is 2.93. The third kappa shape index (κ3) is 4.46. The first-order chi connectivity index (χ1) is 8.86. The molecule has 2 fully saturated rings. The number of nitrogens with one attached hydrogen (secondary N) is 2. The van der Waals surface area contributed by atoms with Gasteiger partial charge in [0, 0.05) is 26.2 Å². The Morgan fingerprint density at radius 2 is 2.00 bits per heavy atom. The molecule has 0 aromatic carbocycles. The van der Waals surface area contributed by atoms with Gasteiger partial charge in [-0.25, -0.2) is 4.79 Å². The summed E-state index contributed by atoms with van der Waals surface area (Å²) in [6.07, 6.45) is 5.84. The molecule has 0 aliphatic carbocycles. The van der Waals surface area contributed by atoms with E-state index in [1.54, 1.807) is 0 Å². The number of ether oxygens (including phenoxy) is 1. The average molecular weight is 255 g/mol. The van der Waals surface area contributed by atoms with E-state index in [2.05, 4.69) is 10.6 Å². The maximum atomic E-state index is 11.7. The number of urea groups is 1. The minimum absolute atomic E-state index is 0.0920. The highest BCUT2D eigenvalue weighted by molar-refractivity contribution is 5.74. The Morgan fingerprint density at radius 3 is 2.72 bits per heavy atom. The second-order valence-electron chi connectivity index (χ2n) is 5.10. The summed E-state index contributed by atoms with van der Waals surface area (Å²) in [4.78, 5) is 13.6. The molecule has 2 aliphatic heterocycles. The van der Waals surface area contributed by atoms with Crippen LogP contribution in [0.3, 0.4) is 0 Å². The second kappa shape index (κ2) is 7.59. The molecule has 2 saturated heterocycles. The topological polar surface area (TPSA) is 53.6 Å². The molecule has 0 aromatic rings. The van der Waals surface area contributed by atoms with Gasteiger partial charge in [0.25, 0.3) is 0 Å². The lowest BCUT2D eigenvalue weighted by molar-refractivity contribution is 0.0319. The number of hydrogen-bond acceptors (Lipinski definition) is 3. The zero-order chi connectivity index (χ0) is 12.6. The Bertz CT molecular complexity index is 249. The highest BCUT2D eigenvalue weighted by Crippen LogP contribution is 2.08. The number of nitrogens with zero attached hydrogens (tertiary/aromatic N) is 1. The van der Waals surface area contributed by atoms with Crippen LogP contribution in [-0.2, 0) is 4.74 Å². The molecule has 0 atom stereocenters. The summed E-state index contributed by atoms with van der Waals surface area (Å²) in [7, 11) is 0. The Morgan fingerprint density at radius 1 is 1.28 bits per heavy atom. The van der Waals surface area contributed by atoms with Crippen LogP contribution in [0.25, 0.3) is 0 Å². The first kappa shape index (κ1) is 13.6. The van der Waals surface area contributed by atoms with Crippen molar-refractivity contribution in [3.8, 4) is 0 Å². The number of rotatable bonds is 5. The molecule has 5 nitrogen and oxygen atoms in total. The summed E-state index contributed by atoms with van der Waals surface area (Å²) >= 11 is 0. The third-order valence-corrected chi connectivity index (χ3v) is 3.63. The van der Waals surface area contributed by atoms with Crippen molar-refractivity contribution in [3.63, 3.8) is 0 Å². The van der Waals surface area contributed by atoms with Crippen molar-refractivity contribution in [2.75, 3.05) is 39.3 Å². The number of likely N-dealkylation sites (tertiary alicyclic amines) is 1. The standard InChI is InChI=1S/C13H25N3O2/c17-13(16-9-1-2-10-16)15-6-3-11-18-12-4-7-14-8-5-12/h12,14H,1-11H2,(H,15,17). The van der Waals surface area contributed by atoms with Crippen LogP contribution in [0.1, 0.15) is 32.1 Å². The van der Waals surface area contributed by atoms with E-state index >= 15 is 0 Å². The van der Waals surface area contributed by atoms with Crippen molar-refractivity contribution >= 4 is 6.03 Å². The van der Waals surface area contributed by atoms with Gasteiger partial charge in [-0.15, -0.1) is 0 Å². The summed E-state index contributed by atoms with van der Waals surface area (Å²) in [5, 5.41) is 6.28. The fourth-order valence-corrected chi connectivity index (χ4v) is 2.51. The molecule has 2 heterocycles. The van der Waals surface area contributed by atoms with Gasteiger partial charge in [0.05, 0.1) is 6.10 Å². The van der Waals surface area contributed by atoms with Crippen LogP contribution >= 0.6 is 0 Å². The molecule has 0 saturated carbocycles. The van der Waals surface area contributed by atoms with Gasteiger partial charge in [0.15, 0.2) is 0 Å². The normalized spacial score (nSPS) is 21.2. The molecule has 2 aliphatic rings. The molecule has 0 unspecified atom stereocenters. The van der Waals surface area contributed by atoms with Gasteiger partial charge in [-0.05, 0) is 45.2 Å². The number of amides is 2. The Labute approximate surface area is 109 Å². The van der Waals surface area contributed by atoms with E-state index < -0.39 is 0 Å². The predicted molar refractivity (Wildman–Crippen MR) is 70.7 cm³/mol. The first-order valence-electron chi connectivity index (χ1n) is 7.21. The van der Waals surface area contributed by atoms with E-state index in [-0.39, 0.29) is 6.03 Å². The quantitative estimate of drug-likeness (QED) is 0.719. The minimum atomic E-state index is 0.0920. The van der Waals surface area contributed by atoms with Crippen LogP contribution in [0, 0.1) is 0 Å². The van der Waals surface area contributed by atoms with Gasteiger partial charge in [0.2, 0.25) is 0 Å². The van der Waals surface area contributed by atoms with Crippen LogP contribution in [-0.4, -0.2) is 56.4 Å². The molecule has 0 bridgehead atoms. The van der Waals surface area contributed by atoms with E-state index in [1.165, 1.54) is 0 Å². The number of piperidine rings is 1. The molecule has 2 amide bonds. The smallest absolute Gasteiger partial charge is 0.317 e. The molecular weight excluding hydrogens is 230 g/mol. The number of carbonyl (C=O) groups is 1. The zero-order valence-electron chi connectivity index (χ0n) is 11.1. The molecule has 0 aromatic heterocycles. The van der Waals surface area contributed by atoms with Crippen LogP contribution < -0.4 is 10.6 Å². The zero-order valence-corrected chi connectivity index (χ0v) is 11.1. The fraction of sp³-hybridized carbons (Fsp3) is 0.923. The lowest BCUT2D eigenvalue weighted by Crippen LogP contribution is -2.38. The predicted octanol–water partition coefficient (Wildman–Crippen LogP) is 0.951. The first-order valence-corrected chi connectivity index (χ1v) is 7.21. The van der Waals surface area contributed by atoms with Gasteiger partial charge in [0.1, 0.15) is 0 Å². The van der Waals surface area contributed by atoms with E-state index in [0.29, 0.717) is 6.10 Å². The Balaban J connectivity index is 1.46. The number of carbonyl (C=O) groups excluding carboxylic acids is 1. The van der Waals surface area contributed by atoms with Gasteiger partial charge in [-0.3, -0.25) is 0 Å². The third-order valence-electron chi connectivity index (χ3n) is 3.63. The van der Waals surface area contributed by atoms with E-state index in [0.717, 1.165) is 71.4 Å². The maximum absolute atomic E-state index is 11.7. The molecule has 5 heteroatoms. The molecule has 0 radical (unpaired) electrons. The van der Waals surface area contributed by atoms with Crippen LogP contribution in [0.15, 0.2) is 0 Å². The molecule has 2 rings (SSSR count). The van der Waals surface area contributed by atoms with Crippen LogP contribution in [0.2, 0.25) is 0 Å². The van der Waals surface area contributed by atoms with Gasteiger partial charge in [-0.1, -0.05) is 0 Å². The van der Waals surface area contributed by atoms with Gasteiger partial charge in [-0.2, -0.15) is 0 Å². The highest BCUT2D eigenvalue weighted by Gasteiger charge is 2.17. The fourth-order valence-electron chi connectivity index (χ4n) is 2.51. The van der Waals surface area contributed by atoms with Gasteiger partial charge >= 0.3 is 6.03 Å². The molecule has 0 spiro atoms. The van der Waals surface area contributed by atoms with Crippen LogP contribution in [0.5, 0.6) is 0 Å². The van der Waals surface area contributed by atoms with E-state index in [1.807, 2.05) is 4.90 Å². The van der Waals surface area contributed by atoms with Crippen molar-refractivity contribution in [2.45, 2.75) is 38.2 Å². The molecule has 18 heavy (non-hydrogen) atoms. The summed E-state index contributed by atoms with van der Waals surface area (Å²) in [5.74, 6) is 0. The lowest BCUT2D eigenvalue weighted by atomic mass is 10.1. The van der Waals surface area contributed by atoms with Crippen molar-refractivity contribution in [1.29, 1.82) is 0 Å². The minimum Gasteiger partial charge on any atom is -0.378 e. The molecule has 2 N–H and O–H groups in total. The van der Waals surface area contributed by atoms with Crippen molar-refractivity contribution < 1.29 is 9.53 Å². The lowest BCUT2D eigenvalue weighted by Gasteiger charge is -2.23. The van der Waals surface area contributed by atoms with Gasteiger partial charge < -0.3 is 20.3 Å². The molecular formula is C13H25N3O2. The monoisotopic (exact) mass is 255 g/mol. The van der Waals surface area contributed by atoms with Crippen molar-refractivity contribution in [1.82, 2.24) is 15.5 Å². The number of hydrogen-bond donors (Lipinski definition) is 2. The largest absolute Gasteiger partial charge is 0.378 e. The van der Waals surface area contributed by atoms with Crippen molar-refractivity contribution in [2.24, 2.45) is 0 Å². The summed E-state index contributed by atoms with van der Waals surface area (Å²) in [6, 6.07) is 0.0920. The Kier molecular flexibility index (Phi) is 5.74. The second-order valence-corrected chi connectivity index (χ2v) is 5.10. The van der Waals surface area contributed by atoms with Crippen molar-refractivity contribution in [3.05, 3.63) is 0 Å². The summed E-state index contributed by atoms with van der Waals surface area (Å²) in [6.45, 7) is 5.44. The van der Waals surface area contributed by atoms with Crippen LogP contribution in [0.4, 0.5) is 4.79 Å². The van der Waals surface area contributed by atoms with E-state index in [4.69, 9.17) is 4.74 Å². The van der Waals surface area contributed by atoms with E-state index in [9.17, 15) is 4.79 Å². The SMILES string of the molecule is O=C(NCCCOC1CCNCC1)N1CCCC1. The maximum Gasteiger partial charge on any atom is 0.317 e. The molecule has 104 valence electrons. The summed E-state index contributed by atoms with van der Waals surface area (Å²) in [5.41, 5.74) is 0. The Hall–Kier alpha value is -0.810. The summed E-state index contributed by atoms with van der Waals surface area (Å²) < 4.78 is 5.79.